The number of carbonyl (C=O) groups excluding carboxylic acids is 1. The minimum atomic E-state index is -3.01. The first-order chi connectivity index (χ1) is 9.35. The number of benzene rings is 1. The number of ether oxygens (including phenoxy) is 1. The molecule has 1 heterocycles. The van der Waals surface area contributed by atoms with Gasteiger partial charge in [-0.25, -0.2) is 13.2 Å². The minimum Gasteiger partial charge on any atom is -0.461 e. The molecule has 0 aliphatic carbocycles. The molecule has 2 aromatic rings. The third-order valence-electron chi connectivity index (χ3n) is 2.63. The van der Waals surface area contributed by atoms with Crippen molar-refractivity contribution in [3.8, 4) is 0 Å². The van der Waals surface area contributed by atoms with Crippen molar-refractivity contribution in [2.45, 2.75) is 6.42 Å². The maximum Gasteiger partial charge on any atom is 0.348 e. The number of hydrogen-bond donors (Lipinski definition) is 1. The first kappa shape index (κ1) is 14.8. The fourth-order valence-corrected chi connectivity index (χ4v) is 3.30. The zero-order valence-corrected chi connectivity index (χ0v) is 12.6. The van der Waals surface area contributed by atoms with Crippen molar-refractivity contribution in [3.05, 3.63) is 29.1 Å². The second-order valence-electron chi connectivity index (χ2n) is 4.53. The van der Waals surface area contributed by atoms with Crippen LogP contribution in [0.15, 0.2) is 24.3 Å². The Balaban J connectivity index is 1.97. The second-order valence-corrected chi connectivity index (χ2v) is 7.87. The first-order valence-electron chi connectivity index (χ1n) is 5.99. The molecule has 0 spiro atoms. The van der Waals surface area contributed by atoms with Crippen LogP contribution in [0.25, 0.3) is 10.1 Å². The largest absolute Gasteiger partial charge is 0.461 e. The Morgan fingerprint density at radius 3 is 2.80 bits per heavy atom. The van der Waals surface area contributed by atoms with Gasteiger partial charge in [-0.05, 0) is 36.1 Å². The lowest BCUT2D eigenvalue weighted by Crippen LogP contribution is -2.09. The van der Waals surface area contributed by atoms with E-state index in [1.165, 1.54) is 11.3 Å². The summed E-state index contributed by atoms with van der Waals surface area (Å²) in [5.41, 5.74) is 6.32. The third-order valence-corrected chi connectivity index (χ3v) is 4.76. The summed E-state index contributed by atoms with van der Waals surface area (Å²) in [6.07, 6.45) is 1.47. The number of carbonyl (C=O) groups is 1. The summed E-state index contributed by atoms with van der Waals surface area (Å²) in [5, 5.41) is 0.901. The normalized spacial score (nSPS) is 11.7. The lowest BCUT2D eigenvalue weighted by molar-refractivity contribution is 0.0511. The number of nitrogen functional groups attached to an aromatic ring is 1. The highest BCUT2D eigenvalue weighted by molar-refractivity contribution is 7.90. The quantitative estimate of drug-likeness (QED) is 0.519. The minimum absolute atomic E-state index is 0.0171. The van der Waals surface area contributed by atoms with Crippen LogP contribution >= 0.6 is 11.3 Å². The molecule has 0 saturated heterocycles. The van der Waals surface area contributed by atoms with Crippen LogP contribution in [0.1, 0.15) is 16.1 Å². The van der Waals surface area contributed by atoms with Crippen LogP contribution in [0, 0.1) is 0 Å². The molecule has 2 rings (SSSR count). The molecule has 7 heteroatoms. The summed E-state index contributed by atoms with van der Waals surface area (Å²) >= 11 is 1.33. The summed E-state index contributed by atoms with van der Waals surface area (Å²) in [6.45, 7) is 0.0995. The SMILES string of the molecule is CS(=O)(=O)CCCOC(=O)c1cc2cc(N)ccc2s1. The zero-order valence-electron chi connectivity index (χ0n) is 11.0. The Hall–Kier alpha value is -1.60. The Labute approximate surface area is 121 Å². The Morgan fingerprint density at radius 2 is 2.10 bits per heavy atom. The van der Waals surface area contributed by atoms with E-state index in [0.717, 1.165) is 16.3 Å². The molecule has 0 radical (unpaired) electrons. The van der Waals surface area contributed by atoms with Crippen molar-refractivity contribution in [1.29, 1.82) is 0 Å². The molecule has 0 bridgehead atoms. The van der Waals surface area contributed by atoms with Crippen LogP contribution in [0.5, 0.6) is 0 Å². The molecule has 5 nitrogen and oxygen atoms in total. The van der Waals surface area contributed by atoms with E-state index in [0.29, 0.717) is 17.0 Å². The van der Waals surface area contributed by atoms with E-state index >= 15 is 0 Å². The summed E-state index contributed by atoms with van der Waals surface area (Å²) < 4.78 is 27.9. The van der Waals surface area contributed by atoms with Gasteiger partial charge in [0.05, 0.1) is 12.4 Å². The number of anilines is 1. The molecule has 0 aliphatic rings. The van der Waals surface area contributed by atoms with Crippen molar-refractivity contribution < 1.29 is 17.9 Å². The van der Waals surface area contributed by atoms with E-state index in [9.17, 15) is 13.2 Å². The van der Waals surface area contributed by atoms with Gasteiger partial charge < -0.3 is 10.5 Å². The van der Waals surface area contributed by atoms with Gasteiger partial charge in [-0.1, -0.05) is 0 Å². The molecule has 0 fully saturated rings. The highest BCUT2D eigenvalue weighted by Crippen LogP contribution is 2.27. The molecule has 0 aliphatic heterocycles. The molecular weight excluding hydrogens is 298 g/mol. The fourth-order valence-electron chi connectivity index (χ4n) is 1.72. The number of nitrogens with two attached hydrogens (primary N) is 1. The van der Waals surface area contributed by atoms with Gasteiger partial charge in [0.1, 0.15) is 14.7 Å². The van der Waals surface area contributed by atoms with Crippen LogP contribution in [-0.4, -0.2) is 33.0 Å². The van der Waals surface area contributed by atoms with Crippen molar-refractivity contribution in [3.63, 3.8) is 0 Å². The summed E-state index contributed by atoms with van der Waals surface area (Å²) in [7, 11) is -3.01. The number of sulfone groups is 1. The van der Waals surface area contributed by atoms with E-state index in [4.69, 9.17) is 10.5 Å². The number of hydrogen-bond acceptors (Lipinski definition) is 6. The molecular formula is C13H15NO4S2. The van der Waals surface area contributed by atoms with Gasteiger partial charge in [-0.15, -0.1) is 11.3 Å². The van der Waals surface area contributed by atoms with Crippen LogP contribution in [0.3, 0.4) is 0 Å². The van der Waals surface area contributed by atoms with E-state index < -0.39 is 15.8 Å². The molecule has 1 aromatic heterocycles. The standard InChI is InChI=1S/C13H15NO4S2/c1-20(16,17)6-2-5-18-13(15)12-8-9-7-10(14)3-4-11(9)19-12/h3-4,7-8H,2,5-6,14H2,1H3. The maximum absolute atomic E-state index is 11.8. The average Bonchev–Trinajstić information content (AvgIpc) is 2.76. The van der Waals surface area contributed by atoms with Gasteiger partial charge in [-0.3, -0.25) is 0 Å². The predicted octanol–water partition coefficient (Wildman–Crippen LogP) is 2.08. The smallest absolute Gasteiger partial charge is 0.348 e. The first-order valence-corrected chi connectivity index (χ1v) is 8.87. The summed E-state index contributed by atoms with van der Waals surface area (Å²) in [6, 6.07) is 7.16. The Bertz CT molecular complexity index is 734. The number of esters is 1. The molecule has 2 N–H and O–H groups in total. The molecule has 0 amide bonds. The van der Waals surface area contributed by atoms with Gasteiger partial charge in [0.2, 0.25) is 0 Å². The number of fused-ring (bicyclic) bond motifs is 1. The van der Waals surface area contributed by atoms with Crippen LogP contribution in [0.4, 0.5) is 5.69 Å². The monoisotopic (exact) mass is 313 g/mol. The molecule has 0 saturated carbocycles. The van der Waals surface area contributed by atoms with E-state index in [-0.39, 0.29) is 12.4 Å². The van der Waals surface area contributed by atoms with Gasteiger partial charge >= 0.3 is 5.97 Å². The van der Waals surface area contributed by atoms with Crippen LogP contribution in [-0.2, 0) is 14.6 Å². The maximum atomic E-state index is 11.8. The van der Waals surface area contributed by atoms with Crippen LogP contribution in [0.2, 0.25) is 0 Å². The van der Waals surface area contributed by atoms with Gasteiger partial charge in [0.15, 0.2) is 0 Å². The third kappa shape index (κ3) is 3.94. The highest BCUT2D eigenvalue weighted by atomic mass is 32.2. The Kier molecular flexibility index (Phi) is 4.29. The summed E-state index contributed by atoms with van der Waals surface area (Å²) in [5.74, 6) is -0.415. The topological polar surface area (TPSA) is 86.5 Å². The lowest BCUT2D eigenvalue weighted by atomic mass is 10.2. The van der Waals surface area contributed by atoms with Gasteiger partial charge in [0.25, 0.3) is 0 Å². The predicted molar refractivity (Wildman–Crippen MR) is 80.8 cm³/mol. The number of rotatable bonds is 5. The van der Waals surface area contributed by atoms with Gasteiger partial charge in [0, 0.05) is 16.6 Å². The Morgan fingerprint density at radius 1 is 1.35 bits per heavy atom. The van der Waals surface area contributed by atoms with E-state index in [1.807, 2.05) is 6.07 Å². The lowest BCUT2D eigenvalue weighted by Gasteiger charge is -2.02. The van der Waals surface area contributed by atoms with Crippen molar-refractivity contribution >= 4 is 42.9 Å². The average molecular weight is 313 g/mol. The number of thiophene rings is 1. The summed E-state index contributed by atoms with van der Waals surface area (Å²) in [4.78, 5) is 12.3. The highest BCUT2D eigenvalue weighted by Gasteiger charge is 2.12. The van der Waals surface area contributed by atoms with E-state index in [2.05, 4.69) is 0 Å². The molecule has 20 heavy (non-hydrogen) atoms. The molecule has 0 atom stereocenters. The second kappa shape index (κ2) is 5.80. The zero-order chi connectivity index (χ0) is 14.8. The molecule has 1 aromatic carbocycles. The van der Waals surface area contributed by atoms with Crippen molar-refractivity contribution in [2.24, 2.45) is 0 Å². The van der Waals surface area contributed by atoms with E-state index in [1.54, 1.807) is 18.2 Å². The van der Waals surface area contributed by atoms with Crippen LogP contribution < -0.4 is 5.73 Å². The van der Waals surface area contributed by atoms with Crippen molar-refractivity contribution in [2.75, 3.05) is 24.3 Å². The van der Waals surface area contributed by atoms with Crippen molar-refractivity contribution in [1.82, 2.24) is 0 Å². The fraction of sp³-hybridized carbons (Fsp3) is 0.308. The van der Waals surface area contributed by atoms with Gasteiger partial charge in [-0.2, -0.15) is 0 Å². The molecule has 108 valence electrons. The molecule has 0 unspecified atom stereocenters.